The van der Waals surface area contributed by atoms with E-state index in [1.54, 1.807) is 6.26 Å². The van der Waals surface area contributed by atoms with E-state index >= 15 is 0 Å². The van der Waals surface area contributed by atoms with E-state index < -0.39 is 5.97 Å². The van der Waals surface area contributed by atoms with E-state index in [-0.39, 0.29) is 6.42 Å². The fraction of sp³-hybridized carbons (Fsp3) is 0.133. The second-order valence-electron chi connectivity index (χ2n) is 8.57. The molecule has 0 radical (unpaired) electrons. The lowest BCUT2D eigenvalue weighted by Crippen LogP contribution is -1.99. The van der Waals surface area contributed by atoms with E-state index in [1.165, 1.54) is 0 Å². The number of carboxylic acids is 1. The minimum Gasteiger partial charge on any atom is -0.487 e. The molecule has 0 fully saturated rings. The first-order valence-corrected chi connectivity index (χ1v) is 11.8. The van der Waals surface area contributed by atoms with Crippen LogP contribution < -0.4 is 4.74 Å². The van der Waals surface area contributed by atoms with Gasteiger partial charge >= 0.3 is 5.97 Å². The van der Waals surface area contributed by atoms with Crippen LogP contribution in [0.3, 0.4) is 0 Å². The zero-order chi connectivity index (χ0) is 24.7. The molecule has 0 aliphatic rings. The molecule has 3 aromatic carbocycles. The van der Waals surface area contributed by atoms with E-state index in [0.29, 0.717) is 25.5 Å². The fourth-order valence-corrected chi connectivity index (χ4v) is 4.11. The minimum absolute atomic E-state index is 0.105. The molecule has 0 bridgehead atoms. The molecule has 0 unspecified atom stereocenters. The number of rotatable bonds is 10. The van der Waals surface area contributed by atoms with Crippen molar-refractivity contribution in [2.45, 2.75) is 26.0 Å². The number of carboxylic acid groups (broad SMARTS) is 1. The number of carbonyl (C=O) groups is 1. The van der Waals surface area contributed by atoms with Gasteiger partial charge in [-0.15, -0.1) is 0 Å². The lowest BCUT2D eigenvalue weighted by atomic mass is 10.0. The number of benzene rings is 3. The Morgan fingerprint density at radius 3 is 2.28 bits per heavy atom. The third-order valence-corrected chi connectivity index (χ3v) is 5.90. The van der Waals surface area contributed by atoms with Gasteiger partial charge in [-0.25, -0.2) is 4.98 Å². The largest absolute Gasteiger partial charge is 0.487 e. The Labute approximate surface area is 209 Å². The van der Waals surface area contributed by atoms with E-state index in [1.807, 2.05) is 91.1 Å². The van der Waals surface area contributed by atoms with Crippen LogP contribution in [-0.4, -0.2) is 20.6 Å². The van der Waals surface area contributed by atoms with Gasteiger partial charge in [0.05, 0.1) is 0 Å². The molecule has 6 nitrogen and oxygen atoms in total. The highest BCUT2D eigenvalue weighted by Gasteiger charge is 2.11. The Hall–Kier alpha value is -4.58. The van der Waals surface area contributed by atoms with Crippen molar-refractivity contribution in [2.75, 3.05) is 0 Å². The zero-order valence-electron chi connectivity index (χ0n) is 19.7. The topological polar surface area (TPSA) is 77.5 Å². The molecule has 0 amide bonds. The number of ether oxygens (including phenoxy) is 1. The summed E-state index contributed by atoms with van der Waals surface area (Å²) in [6, 6.07) is 27.8. The molecular formula is C30H26N2O4. The monoisotopic (exact) mass is 478 g/mol. The van der Waals surface area contributed by atoms with Crippen molar-refractivity contribution in [3.8, 4) is 28.3 Å². The van der Waals surface area contributed by atoms with Crippen molar-refractivity contribution in [3.63, 3.8) is 0 Å². The van der Waals surface area contributed by atoms with Gasteiger partial charge in [0, 0.05) is 36.5 Å². The highest BCUT2D eigenvalue weighted by atomic mass is 16.5. The maximum absolute atomic E-state index is 11.1. The summed E-state index contributed by atoms with van der Waals surface area (Å²) in [5.41, 5.74) is 5.97. The quantitative estimate of drug-likeness (QED) is 0.249. The molecular weight excluding hydrogens is 452 g/mol. The molecule has 0 aliphatic carbocycles. The van der Waals surface area contributed by atoms with E-state index in [2.05, 4.69) is 15.7 Å². The summed E-state index contributed by atoms with van der Waals surface area (Å²) in [6.07, 6.45) is 6.35. The van der Waals surface area contributed by atoms with E-state index in [4.69, 9.17) is 14.3 Å². The lowest BCUT2D eigenvalue weighted by molar-refractivity contribution is -0.136. The number of aliphatic carboxylic acids is 1. The second kappa shape index (κ2) is 10.8. The maximum atomic E-state index is 11.1. The van der Waals surface area contributed by atoms with Gasteiger partial charge in [-0.2, -0.15) is 0 Å². The highest BCUT2D eigenvalue weighted by Crippen LogP contribution is 2.27. The summed E-state index contributed by atoms with van der Waals surface area (Å²) in [4.78, 5) is 15.6. The Kier molecular flexibility index (Phi) is 6.94. The number of hydrogen-bond acceptors (Lipinski definition) is 4. The van der Waals surface area contributed by atoms with Crippen LogP contribution in [0.4, 0.5) is 0 Å². The normalized spacial score (nSPS) is 10.9. The summed E-state index contributed by atoms with van der Waals surface area (Å²) >= 11 is 0. The van der Waals surface area contributed by atoms with Gasteiger partial charge in [-0.1, -0.05) is 60.7 Å². The molecule has 0 saturated heterocycles. The van der Waals surface area contributed by atoms with Crippen molar-refractivity contribution in [1.82, 2.24) is 9.55 Å². The molecule has 2 heterocycles. The van der Waals surface area contributed by atoms with Crippen molar-refractivity contribution in [2.24, 2.45) is 0 Å². The van der Waals surface area contributed by atoms with Crippen LogP contribution in [-0.2, 0) is 24.4 Å². The number of aromatic nitrogens is 2. The van der Waals surface area contributed by atoms with Crippen LogP contribution in [0, 0.1) is 0 Å². The molecule has 5 aromatic rings. The molecule has 180 valence electrons. The number of aryl methyl sites for hydroxylation is 1. The standard InChI is InChI=1S/C30H26N2O4/c33-29(34)16-13-25-18-32(19-28(25)23-7-3-1-4-8-23)17-22-11-14-27(15-12-22)35-20-26-21-36-30(31-26)24-9-5-2-6-10-24/h1-12,14-15,18-19,21H,13,16-17,20H2,(H,33,34). The van der Waals surface area contributed by atoms with Crippen LogP contribution in [0.2, 0.25) is 0 Å². The van der Waals surface area contributed by atoms with Gasteiger partial charge in [0.25, 0.3) is 0 Å². The molecule has 5 rings (SSSR count). The van der Waals surface area contributed by atoms with Gasteiger partial charge in [0.15, 0.2) is 0 Å². The second-order valence-corrected chi connectivity index (χ2v) is 8.57. The van der Waals surface area contributed by atoms with Crippen molar-refractivity contribution >= 4 is 5.97 Å². The average Bonchev–Trinajstić information content (AvgIpc) is 3.55. The molecule has 0 aliphatic heterocycles. The molecule has 1 N–H and O–H groups in total. The first kappa shape index (κ1) is 23.2. The molecule has 0 atom stereocenters. The van der Waals surface area contributed by atoms with Crippen LogP contribution in [0.25, 0.3) is 22.6 Å². The average molecular weight is 479 g/mol. The Morgan fingerprint density at radius 1 is 0.889 bits per heavy atom. The van der Waals surface area contributed by atoms with Crippen LogP contribution in [0.1, 0.15) is 23.2 Å². The van der Waals surface area contributed by atoms with Crippen LogP contribution >= 0.6 is 0 Å². The molecule has 36 heavy (non-hydrogen) atoms. The van der Waals surface area contributed by atoms with E-state index in [9.17, 15) is 4.79 Å². The smallest absolute Gasteiger partial charge is 0.303 e. The fourth-order valence-electron chi connectivity index (χ4n) is 4.11. The molecule has 2 aromatic heterocycles. The van der Waals surface area contributed by atoms with Crippen molar-refractivity contribution in [1.29, 1.82) is 0 Å². The van der Waals surface area contributed by atoms with Gasteiger partial charge in [0.1, 0.15) is 24.3 Å². The predicted molar refractivity (Wildman–Crippen MR) is 138 cm³/mol. The predicted octanol–water partition coefficient (Wildman–Crippen LogP) is 6.45. The van der Waals surface area contributed by atoms with Gasteiger partial charge in [0.2, 0.25) is 5.89 Å². The molecule has 0 saturated carbocycles. The Morgan fingerprint density at radius 2 is 1.58 bits per heavy atom. The van der Waals surface area contributed by atoms with Crippen LogP contribution in [0.5, 0.6) is 5.75 Å². The van der Waals surface area contributed by atoms with Crippen LogP contribution in [0.15, 0.2) is 108 Å². The number of hydrogen-bond donors (Lipinski definition) is 1. The summed E-state index contributed by atoms with van der Waals surface area (Å²) in [5.74, 6) is 0.538. The summed E-state index contributed by atoms with van der Waals surface area (Å²) in [5, 5.41) is 9.15. The molecule has 6 heteroatoms. The molecule has 0 spiro atoms. The van der Waals surface area contributed by atoms with Crippen molar-refractivity contribution in [3.05, 3.63) is 120 Å². The Balaban J connectivity index is 1.23. The minimum atomic E-state index is -0.792. The summed E-state index contributed by atoms with van der Waals surface area (Å²) in [7, 11) is 0. The third kappa shape index (κ3) is 5.73. The highest BCUT2D eigenvalue weighted by molar-refractivity contribution is 5.70. The summed E-state index contributed by atoms with van der Waals surface area (Å²) < 4.78 is 13.6. The zero-order valence-corrected chi connectivity index (χ0v) is 19.7. The number of nitrogens with zero attached hydrogens (tertiary/aromatic N) is 2. The lowest BCUT2D eigenvalue weighted by Gasteiger charge is -2.07. The van der Waals surface area contributed by atoms with Gasteiger partial charge in [-0.3, -0.25) is 4.79 Å². The third-order valence-electron chi connectivity index (χ3n) is 5.90. The van der Waals surface area contributed by atoms with Gasteiger partial charge < -0.3 is 18.8 Å². The first-order chi connectivity index (χ1) is 17.6. The van der Waals surface area contributed by atoms with E-state index in [0.717, 1.165) is 39.3 Å². The van der Waals surface area contributed by atoms with Crippen molar-refractivity contribution < 1.29 is 19.1 Å². The first-order valence-electron chi connectivity index (χ1n) is 11.8. The summed E-state index contributed by atoms with van der Waals surface area (Å²) in [6.45, 7) is 0.998. The van der Waals surface area contributed by atoms with Gasteiger partial charge in [-0.05, 0) is 47.4 Å². The number of oxazole rings is 1. The SMILES string of the molecule is O=C(O)CCc1cn(Cc2ccc(OCc3coc(-c4ccccc4)n3)cc2)cc1-c1ccccc1. The Bertz CT molecular complexity index is 1420. The maximum Gasteiger partial charge on any atom is 0.303 e.